The monoisotopic (exact) mass is 184 g/mol. The van der Waals surface area contributed by atoms with Gasteiger partial charge in [0.15, 0.2) is 5.03 Å². The third-order valence-corrected chi connectivity index (χ3v) is 1.02. The second-order valence-corrected chi connectivity index (χ2v) is 1.96. The maximum absolute atomic E-state index is 10.2. The zero-order valence-electron chi connectivity index (χ0n) is 6.58. The number of benzene rings is 1. The topological polar surface area (TPSA) is 106 Å². The molecule has 70 valence electrons. The quantitative estimate of drug-likeness (QED) is 0.376. The van der Waals surface area contributed by atoms with Gasteiger partial charge in [0.25, 0.3) is 0 Å². The van der Waals surface area contributed by atoms with Gasteiger partial charge in [-0.1, -0.05) is 18.2 Å². The van der Waals surface area contributed by atoms with E-state index in [0.717, 1.165) is 0 Å². The average molecular weight is 184 g/mol. The van der Waals surface area contributed by atoms with Crippen LogP contribution in [0.3, 0.4) is 0 Å². The number of carboxylic acid groups (broad SMARTS) is 1. The lowest BCUT2D eigenvalue weighted by Gasteiger charge is -1.88. The smallest absolute Gasteiger partial charge is 0.335 e. The molecule has 0 aliphatic heterocycles. The van der Waals surface area contributed by atoms with Crippen molar-refractivity contribution in [3.05, 3.63) is 46.0 Å². The predicted molar refractivity (Wildman–Crippen MR) is 44.6 cm³/mol. The molecule has 0 bridgehead atoms. The molecular weight excluding hydrogens is 176 g/mol. The van der Waals surface area contributed by atoms with Gasteiger partial charge in [-0.05, 0) is 12.1 Å². The van der Waals surface area contributed by atoms with Gasteiger partial charge in [0.2, 0.25) is 0 Å². The van der Waals surface area contributed by atoms with Gasteiger partial charge in [0.05, 0.1) is 5.56 Å². The van der Waals surface area contributed by atoms with Crippen LogP contribution in [0, 0.1) is 10.1 Å². The highest BCUT2D eigenvalue weighted by Gasteiger charge is 1.96. The highest BCUT2D eigenvalue weighted by Crippen LogP contribution is 1.96. The fourth-order valence-electron chi connectivity index (χ4n) is 0.581. The second-order valence-electron chi connectivity index (χ2n) is 1.96. The lowest BCUT2D eigenvalue weighted by Crippen LogP contribution is -2.04. The van der Waals surface area contributed by atoms with Crippen LogP contribution in [0.25, 0.3) is 0 Å². The molecule has 1 rings (SSSR count). The maximum atomic E-state index is 10.2. The Morgan fingerprint density at radius 2 is 1.77 bits per heavy atom. The van der Waals surface area contributed by atoms with Gasteiger partial charge in [-0.15, -0.1) is 0 Å². The molecule has 3 N–H and O–H groups in total. The Morgan fingerprint density at radius 1 is 1.38 bits per heavy atom. The first-order chi connectivity index (χ1) is 6.04. The summed E-state index contributed by atoms with van der Waals surface area (Å²) in [6.45, 7) is 0. The lowest BCUT2D eigenvalue weighted by atomic mass is 10.2. The minimum absolute atomic E-state index is 0.331. The minimum atomic E-state index is -1.00. The Morgan fingerprint density at radius 3 is 2.00 bits per heavy atom. The third-order valence-electron chi connectivity index (χ3n) is 1.02. The summed E-state index contributed by atoms with van der Waals surface area (Å²) in [5, 5.41) is 16.0. The van der Waals surface area contributed by atoms with Crippen LogP contribution in [0.15, 0.2) is 30.3 Å². The van der Waals surface area contributed by atoms with Crippen molar-refractivity contribution >= 4 is 5.97 Å². The Bertz CT molecular complexity index is 282. The van der Waals surface area contributed by atoms with E-state index >= 15 is 0 Å². The van der Waals surface area contributed by atoms with Crippen molar-refractivity contribution < 1.29 is 14.9 Å². The van der Waals surface area contributed by atoms with Crippen LogP contribution >= 0.6 is 0 Å². The van der Waals surface area contributed by atoms with E-state index in [2.05, 4.69) is 5.84 Å². The van der Waals surface area contributed by atoms with E-state index in [9.17, 15) is 4.79 Å². The van der Waals surface area contributed by atoms with Crippen LogP contribution in [-0.4, -0.2) is 16.1 Å². The van der Waals surface area contributed by atoms with Gasteiger partial charge in [-0.25, -0.2) is 14.9 Å². The highest BCUT2D eigenvalue weighted by molar-refractivity contribution is 5.87. The highest BCUT2D eigenvalue weighted by atomic mass is 16.7. The van der Waals surface area contributed by atoms with Gasteiger partial charge in [-0.2, -0.15) is 5.84 Å². The maximum Gasteiger partial charge on any atom is 0.335 e. The van der Waals surface area contributed by atoms with Gasteiger partial charge >= 0.3 is 5.97 Å². The number of hydrogen-bond donors (Lipinski definition) is 2. The molecular formula is C7H8N2O4. The molecule has 6 nitrogen and oxygen atoms in total. The van der Waals surface area contributed by atoms with Crippen molar-refractivity contribution in [2.75, 3.05) is 0 Å². The van der Waals surface area contributed by atoms with E-state index in [0.29, 0.717) is 5.56 Å². The van der Waals surface area contributed by atoms with Gasteiger partial charge in [-0.3, -0.25) is 0 Å². The molecule has 0 aliphatic rings. The number of carbonyl (C=O) groups is 1. The molecule has 1 aromatic carbocycles. The summed E-state index contributed by atoms with van der Waals surface area (Å²) in [4.78, 5) is 18.8. The number of nitrogens with two attached hydrogens (primary N) is 1. The first-order valence-electron chi connectivity index (χ1n) is 3.21. The molecule has 13 heavy (non-hydrogen) atoms. The molecule has 0 heterocycles. The number of nitrogens with zero attached hydrogens (tertiary/aromatic N) is 1. The van der Waals surface area contributed by atoms with Crippen molar-refractivity contribution in [2.45, 2.75) is 0 Å². The van der Waals surface area contributed by atoms with E-state index in [1.54, 1.807) is 30.3 Å². The fourth-order valence-corrected chi connectivity index (χ4v) is 0.581. The summed E-state index contributed by atoms with van der Waals surface area (Å²) >= 11 is 0. The van der Waals surface area contributed by atoms with E-state index in [1.807, 2.05) is 0 Å². The zero-order chi connectivity index (χ0) is 10.3. The first-order valence-corrected chi connectivity index (χ1v) is 3.21. The van der Waals surface area contributed by atoms with Crippen LogP contribution in [0.4, 0.5) is 0 Å². The van der Waals surface area contributed by atoms with Crippen LogP contribution in [0.5, 0.6) is 0 Å². The van der Waals surface area contributed by atoms with Gasteiger partial charge < -0.3 is 5.11 Å². The van der Waals surface area contributed by atoms with E-state index < -0.39 is 11.0 Å². The summed E-state index contributed by atoms with van der Waals surface area (Å²) in [6, 6.07) is 8.30. The molecule has 6 heteroatoms. The molecule has 0 atom stereocenters. The molecule has 0 amide bonds. The average Bonchev–Trinajstić information content (AvgIpc) is 2.05. The summed E-state index contributed by atoms with van der Waals surface area (Å²) in [7, 11) is 0. The molecule has 0 radical (unpaired) electrons. The number of rotatable bonds is 1. The Balaban J connectivity index is 0.000000310. The van der Waals surface area contributed by atoms with Crippen LogP contribution in [-0.2, 0) is 0 Å². The largest absolute Gasteiger partial charge is 0.478 e. The summed E-state index contributed by atoms with van der Waals surface area (Å²) in [5.74, 6) is 2.95. The summed E-state index contributed by atoms with van der Waals surface area (Å²) < 4.78 is 0. The predicted octanol–water partition coefficient (Wildman–Crippen LogP) is 0.522. The lowest BCUT2D eigenvalue weighted by molar-refractivity contribution is -0.491. The molecule has 0 spiro atoms. The Hall–Kier alpha value is -2.11. The SMILES string of the molecule is N[N+](=O)[O-].O=C(O)c1ccccc1. The first kappa shape index (κ1) is 10.9. The second kappa shape index (κ2) is 5.53. The van der Waals surface area contributed by atoms with Gasteiger partial charge in [0, 0.05) is 0 Å². The van der Waals surface area contributed by atoms with Crippen LogP contribution < -0.4 is 5.84 Å². The normalized spacial score (nSPS) is 8.00. The Kier molecular flexibility index (Phi) is 4.63. The van der Waals surface area contributed by atoms with Crippen LogP contribution in [0.2, 0.25) is 0 Å². The summed E-state index contributed by atoms with van der Waals surface area (Å²) in [5.41, 5.74) is 0.331. The number of nitro groups is 1. The third kappa shape index (κ3) is 6.29. The van der Waals surface area contributed by atoms with Crippen molar-refractivity contribution in [1.29, 1.82) is 0 Å². The standard InChI is InChI=1S/C7H6O2.H2N2O2/c8-7(9)6-4-2-1-3-5-6;1-2(3)4/h1-5H,(H,8,9);1H2. The van der Waals surface area contributed by atoms with E-state index in [4.69, 9.17) is 15.2 Å². The van der Waals surface area contributed by atoms with E-state index in [-0.39, 0.29) is 0 Å². The molecule has 0 saturated carbocycles. The van der Waals surface area contributed by atoms with Crippen molar-refractivity contribution in [3.63, 3.8) is 0 Å². The molecule has 0 aromatic heterocycles. The van der Waals surface area contributed by atoms with Crippen LogP contribution in [0.1, 0.15) is 10.4 Å². The summed E-state index contributed by atoms with van der Waals surface area (Å²) in [6.07, 6.45) is 0. The number of hydrogen-bond acceptors (Lipinski definition) is 3. The number of aromatic carboxylic acids is 1. The fraction of sp³-hybridized carbons (Fsp3) is 0. The molecule has 0 saturated heterocycles. The van der Waals surface area contributed by atoms with Crippen molar-refractivity contribution in [2.24, 2.45) is 5.84 Å². The molecule has 0 fully saturated rings. The molecule has 0 unspecified atom stereocenters. The number of hydrazine groups is 1. The van der Waals surface area contributed by atoms with Gasteiger partial charge in [0.1, 0.15) is 0 Å². The number of carboxylic acids is 1. The van der Waals surface area contributed by atoms with Crippen molar-refractivity contribution in [3.8, 4) is 0 Å². The Labute approximate surface area is 73.7 Å². The van der Waals surface area contributed by atoms with Crippen molar-refractivity contribution in [1.82, 2.24) is 0 Å². The molecule has 1 aromatic rings. The minimum Gasteiger partial charge on any atom is -0.478 e. The molecule has 0 aliphatic carbocycles. The zero-order valence-corrected chi connectivity index (χ0v) is 6.58. The van der Waals surface area contributed by atoms with E-state index in [1.165, 1.54) is 0 Å².